The third-order valence-corrected chi connectivity index (χ3v) is 7.09. The number of anilines is 1. The van der Waals surface area contributed by atoms with E-state index in [-0.39, 0.29) is 34.9 Å². The summed E-state index contributed by atoms with van der Waals surface area (Å²) >= 11 is 6.18. The van der Waals surface area contributed by atoms with Gasteiger partial charge in [0.1, 0.15) is 28.6 Å². The minimum Gasteiger partial charge on any atom is -0.495 e. The molecule has 0 bridgehead atoms. The Balaban J connectivity index is 1.83. The lowest BCUT2D eigenvalue weighted by Crippen LogP contribution is -2.32. The van der Waals surface area contributed by atoms with Gasteiger partial charge in [0, 0.05) is 24.1 Å². The fourth-order valence-corrected chi connectivity index (χ4v) is 5.00. The molecule has 4 aromatic rings. The number of para-hydroxylation sites is 1. The Kier molecular flexibility index (Phi) is 7.63. The van der Waals surface area contributed by atoms with E-state index in [1.807, 2.05) is 6.07 Å². The number of amides is 1. The number of rotatable bonds is 9. The number of fused-ring (bicyclic) bond motifs is 1. The van der Waals surface area contributed by atoms with Crippen LogP contribution in [-0.2, 0) is 10.0 Å². The molecule has 0 radical (unpaired) electrons. The van der Waals surface area contributed by atoms with Crippen molar-refractivity contribution in [3.05, 3.63) is 71.2 Å². The molecule has 0 aliphatic carbocycles. The van der Waals surface area contributed by atoms with Gasteiger partial charge in [-0.2, -0.15) is 0 Å². The van der Waals surface area contributed by atoms with E-state index >= 15 is 0 Å². The molecule has 0 atom stereocenters. The number of sulfonamides is 1. The fourth-order valence-electron chi connectivity index (χ4n) is 3.91. The van der Waals surface area contributed by atoms with Crippen molar-refractivity contribution in [1.29, 1.82) is 0 Å². The van der Waals surface area contributed by atoms with Crippen molar-refractivity contribution < 1.29 is 32.2 Å². The largest absolute Gasteiger partial charge is 0.495 e. The molecule has 1 aromatic heterocycles. The molecular formula is C26H25ClN2O7S. The monoisotopic (exact) mass is 544 g/mol. The van der Waals surface area contributed by atoms with Gasteiger partial charge in [-0.25, -0.2) is 8.42 Å². The molecule has 1 heterocycles. The van der Waals surface area contributed by atoms with Crippen LogP contribution in [0, 0.1) is 0 Å². The number of halogens is 1. The van der Waals surface area contributed by atoms with Gasteiger partial charge in [0.25, 0.3) is 5.91 Å². The molecule has 0 spiro atoms. The van der Waals surface area contributed by atoms with Gasteiger partial charge >= 0.3 is 0 Å². The number of aliphatic hydroxyl groups is 1. The highest BCUT2D eigenvalue weighted by atomic mass is 35.5. The van der Waals surface area contributed by atoms with Gasteiger partial charge in [-0.15, -0.1) is 0 Å². The van der Waals surface area contributed by atoms with E-state index in [1.54, 1.807) is 48.5 Å². The van der Waals surface area contributed by atoms with Crippen molar-refractivity contribution in [2.75, 3.05) is 37.9 Å². The molecule has 2 N–H and O–H groups in total. The van der Waals surface area contributed by atoms with Crippen LogP contribution >= 0.6 is 11.6 Å². The van der Waals surface area contributed by atoms with Crippen molar-refractivity contribution in [2.45, 2.75) is 0 Å². The predicted octanol–water partition coefficient (Wildman–Crippen LogP) is 4.67. The molecule has 37 heavy (non-hydrogen) atoms. The average molecular weight is 545 g/mol. The molecule has 9 nitrogen and oxygen atoms in total. The van der Waals surface area contributed by atoms with Gasteiger partial charge in [-0.3, -0.25) is 9.10 Å². The number of ether oxygens (including phenoxy) is 2. The molecule has 1 amide bonds. The van der Waals surface area contributed by atoms with E-state index in [1.165, 1.54) is 20.2 Å². The number of nitrogens with one attached hydrogen (secondary N) is 1. The Morgan fingerprint density at radius 1 is 1.11 bits per heavy atom. The number of hydrogen-bond donors (Lipinski definition) is 2. The van der Waals surface area contributed by atoms with E-state index in [0.29, 0.717) is 27.5 Å². The van der Waals surface area contributed by atoms with Gasteiger partial charge in [0.15, 0.2) is 0 Å². The summed E-state index contributed by atoms with van der Waals surface area (Å²) in [7, 11) is -0.848. The maximum atomic E-state index is 12.9. The summed E-state index contributed by atoms with van der Waals surface area (Å²) in [6, 6.07) is 17.0. The lowest BCUT2D eigenvalue weighted by Gasteiger charge is -2.23. The first-order valence-electron chi connectivity index (χ1n) is 11.2. The van der Waals surface area contributed by atoms with Crippen LogP contribution in [0.1, 0.15) is 10.4 Å². The Morgan fingerprint density at radius 3 is 2.41 bits per heavy atom. The molecule has 3 aromatic carbocycles. The van der Waals surface area contributed by atoms with Gasteiger partial charge in [-0.05, 0) is 42.5 Å². The maximum absolute atomic E-state index is 12.9. The van der Waals surface area contributed by atoms with Crippen molar-refractivity contribution in [3.63, 3.8) is 0 Å². The van der Waals surface area contributed by atoms with Crippen LogP contribution in [0.4, 0.5) is 5.69 Å². The van der Waals surface area contributed by atoms with E-state index in [9.17, 15) is 18.3 Å². The van der Waals surface area contributed by atoms with E-state index in [0.717, 1.165) is 10.6 Å². The SMILES string of the molecule is CNC(=O)c1c(-c2ccc(Oc3ccccc3Cl)cc2)oc2cc(N(CCO)S(C)(=O)=O)c(OC)cc12. The Labute approximate surface area is 219 Å². The average Bonchev–Trinajstić information content (AvgIpc) is 3.25. The van der Waals surface area contributed by atoms with Gasteiger partial charge in [-0.1, -0.05) is 23.7 Å². The van der Waals surface area contributed by atoms with Crippen molar-refractivity contribution >= 4 is 44.2 Å². The molecule has 0 fully saturated rings. The quantitative estimate of drug-likeness (QED) is 0.314. The predicted molar refractivity (Wildman–Crippen MR) is 142 cm³/mol. The van der Waals surface area contributed by atoms with E-state index < -0.39 is 22.5 Å². The summed E-state index contributed by atoms with van der Waals surface area (Å²) < 4.78 is 43.2. The number of carbonyl (C=O) groups excluding carboxylic acids is 1. The molecule has 11 heteroatoms. The first-order chi connectivity index (χ1) is 17.7. The number of nitrogens with zero attached hydrogens (tertiary/aromatic N) is 1. The minimum absolute atomic E-state index is 0.177. The fraction of sp³-hybridized carbons (Fsp3) is 0.192. The third-order valence-electron chi connectivity index (χ3n) is 5.60. The third kappa shape index (κ3) is 5.36. The molecule has 4 rings (SSSR count). The molecule has 0 saturated heterocycles. The lowest BCUT2D eigenvalue weighted by atomic mass is 10.0. The molecule has 194 valence electrons. The normalized spacial score (nSPS) is 11.4. The topological polar surface area (TPSA) is 118 Å². The number of methoxy groups -OCH3 is 1. The van der Waals surface area contributed by atoms with Crippen molar-refractivity contribution in [2.24, 2.45) is 0 Å². The van der Waals surface area contributed by atoms with Crippen LogP contribution in [0.3, 0.4) is 0 Å². The zero-order valence-corrected chi connectivity index (χ0v) is 21.9. The zero-order valence-electron chi connectivity index (χ0n) is 20.3. The molecule has 0 aliphatic heterocycles. The highest BCUT2D eigenvalue weighted by molar-refractivity contribution is 7.92. The van der Waals surface area contributed by atoms with Crippen LogP contribution in [0.5, 0.6) is 17.2 Å². The van der Waals surface area contributed by atoms with Crippen LogP contribution in [-0.4, -0.2) is 53.0 Å². The van der Waals surface area contributed by atoms with Crippen LogP contribution < -0.4 is 19.1 Å². The first-order valence-corrected chi connectivity index (χ1v) is 13.4. The minimum atomic E-state index is -3.74. The van der Waals surface area contributed by atoms with Gasteiger partial charge in [0.05, 0.1) is 42.8 Å². The summed E-state index contributed by atoms with van der Waals surface area (Å²) in [5.74, 6) is 1.13. The standard InChI is InChI=1S/C26H25ClN2O7S/c1-28-26(31)24-18-14-23(34-2)20(29(12-13-30)37(3,32)33)15-22(18)36-25(24)16-8-10-17(11-9-16)35-21-7-5-4-6-19(21)27/h4-11,14-15,30H,12-13H2,1-3H3,(H,28,31). The number of hydrogen-bond acceptors (Lipinski definition) is 7. The highest BCUT2D eigenvalue weighted by Crippen LogP contribution is 2.41. The number of benzene rings is 3. The Morgan fingerprint density at radius 2 is 1.81 bits per heavy atom. The van der Waals surface area contributed by atoms with Gasteiger partial charge in [0.2, 0.25) is 10.0 Å². The van der Waals surface area contributed by atoms with Crippen LogP contribution in [0.15, 0.2) is 65.1 Å². The molecular weight excluding hydrogens is 520 g/mol. The summed E-state index contributed by atoms with van der Waals surface area (Å²) in [5.41, 5.74) is 1.30. The number of aliphatic hydroxyl groups excluding tert-OH is 1. The van der Waals surface area contributed by atoms with E-state index in [2.05, 4.69) is 5.32 Å². The lowest BCUT2D eigenvalue weighted by molar-refractivity contribution is 0.0964. The molecule has 0 saturated carbocycles. The maximum Gasteiger partial charge on any atom is 0.255 e. The summed E-state index contributed by atoms with van der Waals surface area (Å²) in [6.07, 6.45) is 1.03. The van der Waals surface area contributed by atoms with E-state index in [4.69, 9.17) is 25.5 Å². The molecule has 0 aliphatic rings. The van der Waals surface area contributed by atoms with Crippen molar-refractivity contribution in [1.82, 2.24) is 5.32 Å². The van der Waals surface area contributed by atoms with Crippen molar-refractivity contribution in [3.8, 4) is 28.6 Å². The van der Waals surface area contributed by atoms with Crippen LogP contribution in [0.25, 0.3) is 22.3 Å². The van der Waals surface area contributed by atoms with Gasteiger partial charge < -0.3 is 24.3 Å². The van der Waals surface area contributed by atoms with Crippen LogP contribution in [0.2, 0.25) is 5.02 Å². The number of carbonyl (C=O) groups is 1. The second-order valence-electron chi connectivity index (χ2n) is 8.02. The second-order valence-corrected chi connectivity index (χ2v) is 10.3. The number of furan rings is 1. The smallest absolute Gasteiger partial charge is 0.255 e. The summed E-state index contributed by atoms with van der Waals surface area (Å²) in [5, 5.41) is 13.0. The second kappa shape index (κ2) is 10.7. The Bertz CT molecular complexity index is 1550. The zero-order chi connectivity index (χ0) is 26.7. The first kappa shape index (κ1) is 26.3. The molecule has 0 unspecified atom stereocenters. The summed E-state index contributed by atoms with van der Waals surface area (Å²) in [4.78, 5) is 12.9. The summed E-state index contributed by atoms with van der Waals surface area (Å²) in [6.45, 7) is -0.576. The highest BCUT2D eigenvalue weighted by Gasteiger charge is 2.27. The Hall–Kier alpha value is -3.73.